The van der Waals surface area contributed by atoms with Crippen LogP contribution in [-0.2, 0) is 10.1 Å². The fourth-order valence-corrected chi connectivity index (χ4v) is 2.67. The van der Waals surface area contributed by atoms with Crippen LogP contribution in [0.3, 0.4) is 0 Å². The molecule has 0 unspecified atom stereocenters. The molecule has 118 valence electrons. The third kappa shape index (κ3) is 2.86. The Morgan fingerprint density at radius 1 is 0.864 bits per heavy atom. The third-order valence-corrected chi connectivity index (χ3v) is 3.90. The molecule has 2 aromatic rings. The molecule has 0 radical (unpaired) electrons. The molecule has 0 amide bonds. The molecule has 0 N–H and O–H groups in total. The van der Waals surface area contributed by atoms with Crippen LogP contribution in [0.4, 0.5) is 22.0 Å². The lowest BCUT2D eigenvalue weighted by Gasteiger charge is -2.10. The second-order valence-corrected chi connectivity index (χ2v) is 5.88. The van der Waals surface area contributed by atoms with Crippen molar-refractivity contribution in [1.29, 1.82) is 0 Å². The van der Waals surface area contributed by atoms with Gasteiger partial charge in [0.2, 0.25) is 34.8 Å². The van der Waals surface area contributed by atoms with Crippen molar-refractivity contribution >= 4 is 21.7 Å². The first-order valence-electron chi connectivity index (χ1n) is 5.36. The molecule has 0 spiro atoms. The summed E-state index contributed by atoms with van der Waals surface area (Å²) < 4.78 is 93.3. The summed E-state index contributed by atoms with van der Waals surface area (Å²) in [5, 5.41) is -0.0397. The van der Waals surface area contributed by atoms with Crippen LogP contribution in [0.1, 0.15) is 0 Å². The molecular formula is C12H4ClF5O3S. The Labute approximate surface area is 126 Å². The van der Waals surface area contributed by atoms with Gasteiger partial charge in [0.1, 0.15) is 4.90 Å². The molecule has 2 aromatic carbocycles. The zero-order valence-corrected chi connectivity index (χ0v) is 11.8. The molecule has 0 heterocycles. The Morgan fingerprint density at radius 2 is 1.36 bits per heavy atom. The molecule has 2 rings (SSSR count). The molecule has 0 aliphatic carbocycles. The minimum absolute atomic E-state index is 0.0397. The first-order chi connectivity index (χ1) is 10.1. The monoisotopic (exact) mass is 358 g/mol. The first kappa shape index (κ1) is 16.5. The van der Waals surface area contributed by atoms with Crippen molar-refractivity contribution in [2.75, 3.05) is 0 Å². The van der Waals surface area contributed by atoms with E-state index in [9.17, 15) is 30.4 Å². The number of hydrogen-bond donors (Lipinski definition) is 0. The van der Waals surface area contributed by atoms with Crippen LogP contribution in [0.5, 0.6) is 5.75 Å². The number of hydrogen-bond acceptors (Lipinski definition) is 3. The maximum Gasteiger partial charge on any atom is 0.339 e. The summed E-state index contributed by atoms with van der Waals surface area (Å²) in [5.74, 6) is -13.8. The fraction of sp³-hybridized carbons (Fsp3) is 0. The molecule has 0 saturated heterocycles. The molecular weight excluding hydrogens is 355 g/mol. The van der Waals surface area contributed by atoms with Crippen molar-refractivity contribution in [3.8, 4) is 5.75 Å². The molecule has 0 aliphatic heterocycles. The van der Waals surface area contributed by atoms with Gasteiger partial charge in [0.25, 0.3) is 0 Å². The van der Waals surface area contributed by atoms with E-state index in [0.717, 1.165) is 12.1 Å². The molecule has 0 bridgehead atoms. The molecule has 0 aromatic heterocycles. The van der Waals surface area contributed by atoms with Crippen LogP contribution in [0.15, 0.2) is 29.2 Å². The van der Waals surface area contributed by atoms with Gasteiger partial charge in [-0.25, -0.2) is 13.2 Å². The van der Waals surface area contributed by atoms with E-state index in [-0.39, 0.29) is 5.02 Å². The van der Waals surface area contributed by atoms with Crippen molar-refractivity contribution in [3.63, 3.8) is 0 Å². The van der Waals surface area contributed by atoms with Gasteiger partial charge in [-0.1, -0.05) is 17.7 Å². The van der Waals surface area contributed by atoms with Crippen LogP contribution < -0.4 is 4.18 Å². The standard InChI is InChI=1S/C12H4ClF5O3S/c13-5-2-1-3-6(4-5)22(19,20)21-12-10(17)8(15)7(14)9(16)11(12)18/h1-4H. The summed E-state index contributed by atoms with van der Waals surface area (Å²) in [6.45, 7) is 0. The van der Waals surface area contributed by atoms with Gasteiger partial charge in [0.05, 0.1) is 0 Å². The van der Waals surface area contributed by atoms with E-state index >= 15 is 0 Å². The topological polar surface area (TPSA) is 43.4 Å². The Balaban J connectivity index is 2.56. The molecule has 22 heavy (non-hydrogen) atoms. The Hall–Kier alpha value is -1.87. The number of benzene rings is 2. The maximum absolute atomic E-state index is 13.4. The average Bonchev–Trinajstić information content (AvgIpc) is 2.48. The smallest absolute Gasteiger partial charge is 0.339 e. The van der Waals surface area contributed by atoms with E-state index in [1.807, 2.05) is 0 Å². The normalized spacial score (nSPS) is 11.5. The zero-order chi connectivity index (χ0) is 16.7. The van der Waals surface area contributed by atoms with Crippen molar-refractivity contribution in [3.05, 3.63) is 58.4 Å². The second kappa shape index (κ2) is 5.73. The SMILES string of the molecule is O=S(=O)(Oc1c(F)c(F)c(F)c(F)c1F)c1cccc(Cl)c1. The van der Waals surface area contributed by atoms with Gasteiger partial charge in [-0.2, -0.15) is 17.2 Å². The van der Waals surface area contributed by atoms with Gasteiger partial charge in [-0.3, -0.25) is 0 Å². The van der Waals surface area contributed by atoms with E-state index in [2.05, 4.69) is 4.18 Å². The molecule has 10 heteroatoms. The molecule has 0 fully saturated rings. The van der Waals surface area contributed by atoms with Gasteiger partial charge in [0.15, 0.2) is 0 Å². The Morgan fingerprint density at radius 3 is 1.86 bits per heavy atom. The highest BCUT2D eigenvalue weighted by atomic mass is 35.5. The average molecular weight is 359 g/mol. The van der Waals surface area contributed by atoms with Crippen molar-refractivity contribution < 1.29 is 34.6 Å². The lowest BCUT2D eigenvalue weighted by Crippen LogP contribution is -2.14. The summed E-state index contributed by atoms with van der Waals surface area (Å²) in [5.41, 5.74) is 0. The van der Waals surface area contributed by atoms with E-state index in [0.29, 0.717) is 0 Å². The summed E-state index contributed by atoms with van der Waals surface area (Å²) in [6, 6.07) is 4.34. The van der Waals surface area contributed by atoms with Gasteiger partial charge in [-0.05, 0) is 18.2 Å². The molecule has 0 atom stereocenters. The van der Waals surface area contributed by atoms with E-state index in [1.165, 1.54) is 12.1 Å². The Kier molecular flexibility index (Phi) is 4.30. The number of rotatable bonds is 3. The highest BCUT2D eigenvalue weighted by Gasteiger charge is 2.30. The minimum Gasteiger partial charge on any atom is -0.372 e. The number of halogens is 6. The lowest BCUT2D eigenvalue weighted by atomic mass is 10.3. The summed E-state index contributed by atoms with van der Waals surface area (Å²) >= 11 is 5.55. The predicted octanol–water partition coefficient (Wildman–Crippen LogP) is 3.80. The van der Waals surface area contributed by atoms with E-state index in [4.69, 9.17) is 11.6 Å². The van der Waals surface area contributed by atoms with Gasteiger partial charge >= 0.3 is 10.1 Å². The van der Waals surface area contributed by atoms with Crippen LogP contribution in [0, 0.1) is 29.1 Å². The van der Waals surface area contributed by atoms with E-state index < -0.39 is 49.8 Å². The zero-order valence-electron chi connectivity index (χ0n) is 10.2. The second-order valence-electron chi connectivity index (χ2n) is 3.89. The molecule has 3 nitrogen and oxygen atoms in total. The third-order valence-electron chi connectivity index (χ3n) is 2.45. The predicted molar refractivity (Wildman–Crippen MR) is 65.5 cm³/mol. The Bertz CT molecular complexity index is 825. The lowest BCUT2D eigenvalue weighted by molar-refractivity contribution is 0.346. The van der Waals surface area contributed by atoms with Gasteiger partial charge in [-0.15, -0.1) is 0 Å². The van der Waals surface area contributed by atoms with E-state index in [1.54, 1.807) is 0 Å². The largest absolute Gasteiger partial charge is 0.372 e. The summed E-state index contributed by atoms with van der Waals surface area (Å²) in [4.78, 5) is -0.621. The fourth-order valence-electron chi connectivity index (χ4n) is 1.44. The van der Waals surface area contributed by atoms with Crippen molar-refractivity contribution in [2.45, 2.75) is 4.90 Å². The van der Waals surface area contributed by atoms with Crippen molar-refractivity contribution in [2.24, 2.45) is 0 Å². The first-order valence-corrected chi connectivity index (χ1v) is 7.15. The highest BCUT2D eigenvalue weighted by Crippen LogP contribution is 2.31. The van der Waals surface area contributed by atoms with Crippen LogP contribution in [0.2, 0.25) is 5.02 Å². The molecule has 0 aliphatic rings. The minimum atomic E-state index is -4.85. The van der Waals surface area contributed by atoms with Gasteiger partial charge < -0.3 is 4.18 Å². The quantitative estimate of drug-likeness (QED) is 0.363. The van der Waals surface area contributed by atoms with Crippen LogP contribution in [0.25, 0.3) is 0 Å². The maximum atomic E-state index is 13.4. The highest BCUT2D eigenvalue weighted by molar-refractivity contribution is 7.87. The van der Waals surface area contributed by atoms with Crippen LogP contribution >= 0.6 is 11.6 Å². The summed E-state index contributed by atoms with van der Waals surface area (Å²) in [7, 11) is -4.85. The van der Waals surface area contributed by atoms with Gasteiger partial charge in [0, 0.05) is 5.02 Å². The van der Waals surface area contributed by atoms with Crippen molar-refractivity contribution in [1.82, 2.24) is 0 Å². The van der Waals surface area contributed by atoms with Crippen LogP contribution in [-0.4, -0.2) is 8.42 Å². The summed E-state index contributed by atoms with van der Waals surface area (Å²) in [6.07, 6.45) is 0. The molecule has 0 saturated carbocycles.